The third kappa shape index (κ3) is 5.84. The number of hydrogen-bond acceptors (Lipinski definition) is 12. The van der Waals surface area contributed by atoms with Crippen LogP contribution in [0.3, 0.4) is 0 Å². The highest BCUT2D eigenvalue weighted by molar-refractivity contribution is 5.26. The summed E-state index contributed by atoms with van der Waals surface area (Å²) in [5.74, 6) is 2.92. The normalized spacial score (nSPS) is 58.4. The molecule has 0 aromatic rings. The fourth-order valence-corrected chi connectivity index (χ4v) is 12.5. The second kappa shape index (κ2) is 13.5. The smallest absolute Gasteiger partial charge is 0.187 e. The number of rotatable bonds is 5. The van der Waals surface area contributed by atoms with E-state index in [9.17, 15) is 30.6 Å². The first-order valence-electron chi connectivity index (χ1n) is 19.8. The molecule has 7 unspecified atom stereocenters. The summed E-state index contributed by atoms with van der Waals surface area (Å²) in [4.78, 5) is 0. The molecule has 4 aliphatic heterocycles. The number of allylic oxidation sites excluding steroid dienone is 1. The van der Waals surface area contributed by atoms with Crippen LogP contribution in [0.25, 0.3) is 0 Å². The minimum atomic E-state index is -1.61. The van der Waals surface area contributed by atoms with Gasteiger partial charge in [-0.1, -0.05) is 39.3 Å². The van der Waals surface area contributed by atoms with E-state index in [1.165, 1.54) is 31.8 Å². The first kappa shape index (κ1) is 37.2. The predicted octanol–water partition coefficient (Wildman–Crippen LogP) is 2.39. The summed E-state index contributed by atoms with van der Waals surface area (Å²) in [6.07, 6.45) is -1.68. The largest absolute Gasteiger partial charge is 0.394 e. The van der Waals surface area contributed by atoms with E-state index in [2.05, 4.69) is 33.8 Å². The fraction of sp³-hybridized carbons (Fsp3) is 0.949. The van der Waals surface area contributed by atoms with Gasteiger partial charge in [0.1, 0.15) is 42.7 Å². The molecule has 8 aliphatic rings. The third-order valence-electron chi connectivity index (χ3n) is 15.6. The molecule has 12 nitrogen and oxygen atoms in total. The van der Waals surface area contributed by atoms with Crippen molar-refractivity contribution in [2.24, 2.45) is 46.3 Å². The van der Waals surface area contributed by atoms with Crippen LogP contribution < -0.4 is 0 Å². The van der Waals surface area contributed by atoms with E-state index in [1.807, 2.05) is 0 Å². The maximum absolute atomic E-state index is 11.1. The van der Waals surface area contributed by atoms with Crippen molar-refractivity contribution >= 4 is 0 Å². The Morgan fingerprint density at radius 1 is 0.824 bits per heavy atom. The molecule has 8 rings (SSSR count). The maximum atomic E-state index is 11.1. The monoisotopic (exact) mass is 722 g/mol. The van der Waals surface area contributed by atoms with Crippen molar-refractivity contribution in [3.63, 3.8) is 0 Å². The van der Waals surface area contributed by atoms with Crippen molar-refractivity contribution in [1.29, 1.82) is 0 Å². The van der Waals surface area contributed by atoms with Gasteiger partial charge in [-0.3, -0.25) is 0 Å². The lowest BCUT2D eigenvalue weighted by molar-refractivity contribution is -0.369. The Labute approximate surface area is 301 Å². The minimum Gasteiger partial charge on any atom is -0.394 e. The summed E-state index contributed by atoms with van der Waals surface area (Å²) in [6, 6.07) is 0. The molecule has 0 aromatic carbocycles. The van der Waals surface area contributed by atoms with Crippen LogP contribution in [0.5, 0.6) is 0 Å². The Kier molecular flexibility index (Phi) is 9.83. The highest BCUT2D eigenvalue weighted by Gasteiger charge is 2.68. The van der Waals surface area contributed by atoms with Crippen molar-refractivity contribution in [1.82, 2.24) is 0 Å². The molecule has 0 amide bonds. The Balaban J connectivity index is 0.964. The Morgan fingerprint density at radius 2 is 1.61 bits per heavy atom. The zero-order valence-electron chi connectivity index (χ0n) is 30.9. The fourth-order valence-electron chi connectivity index (χ4n) is 12.5. The molecule has 51 heavy (non-hydrogen) atoms. The van der Waals surface area contributed by atoms with Gasteiger partial charge in [-0.15, -0.1) is 0 Å². The molecule has 4 aliphatic carbocycles. The summed E-state index contributed by atoms with van der Waals surface area (Å²) < 4.78 is 37.6. The van der Waals surface area contributed by atoms with Crippen LogP contribution >= 0.6 is 0 Å². The SMILES string of the molecule is C[C@@H]1CC[C@@]2(OC1)OC1CC3C4CC=C5C[C@@H](OC6O[C@H](CO)[C@@H](O)[C@H](O)[C@H]6OC6O[C@@H](C)[C@H](O)[C@@H](O)[C@H]6O)CC[C@]5(C)C4CC[C@]3(C)C1[C@@H]2C. The Morgan fingerprint density at radius 3 is 2.33 bits per heavy atom. The van der Waals surface area contributed by atoms with Crippen LogP contribution in [0.1, 0.15) is 92.4 Å². The standard InChI is InChI=1S/C39H62O12/c1-18-8-13-39(46-17-18)19(2)28-26(51-39)15-25-23-7-6-21-14-22(9-11-37(21,4)24(23)10-12-38(25,28)5)48-36-34(32(44)30(42)27(16-40)49-36)50-35-33(45)31(43)29(41)20(3)47-35/h6,18-20,22-36,40-45H,7-17H2,1-5H3/t18-,19+,20+,22+,23?,24?,25?,26?,27-,28?,29+,30-,31-,32+,33-,34-,35?,36?,37+,38+,39-/m1/s1. The molecule has 12 heteroatoms. The summed E-state index contributed by atoms with van der Waals surface area (Å²) in [5.41, 5.74) is 1.70. The second-order valence-corrected chi connectivity index (χ2v) is 18.3. The van der Waals surface area contributed by atoms with E-state index in [1.54, 1.807) is 0 Å². The second-order valence-electron chi connectivity index (χ2n) is 18.3. The van der Waals surface area contributed by atoms with E-state index >= 15 is 0 Å². The molecule has 290 valence electrons. The third-order valence-corrected chi connectivity index (χ3v) is 15.6. The molecular formula is C39H62O12. The summed E-state index contributed by atoms with van der Waals surface area (Å²) >= 11 is 0. The van der Waals surface area contributed by atoms with Gasteiger partial charge in [0, 0.05) is 12.3 Å². The van der Waals surface area contributed by atoms with Crippen LogP contribution in [-0.4, -0.2) is 123 Å². The number of ether oxygens (including phenoxy) is 6. The summed E-state index contributed by atoms with van der Waals surface area (Å²) in [5, 5.41) is 62.9. The molecule has 7 fully saturated rings. The molecule has 1 spiro atoms. The van der Waals surface area contributed by atoms with Gasteiger partial charge in [0.2, 0.25) is 0 Å². The number of aliphatic hydroxyl groups is 6. The zero-order chi connectivity index (χ0) is 36.2. The highest BCUT2D eigenvalue weighted by atomic mass is 16.8. The van der Waals surface area contributed by atoms with Gasteiger partial charge >= 0.3 is 0 Å². The van der Waals surface area contributed by atoms with Gasteiger partial charge < -0.3 is 59.1 Å². The minimum absolute atomic E-state index is 0.0535. The lowest BCUT2D eigenvalue weighted by Crippen LogP contribution is -2.64. The van der Waals surface area contributed by atoms with Crippen LogP contribution in [0.2, 0.25) is 0 Å². The molecule has 0 bridgehead atoms. The quantitative estimate of drug-likeness (QED) is 0.229. The molecule has 0 aromatic heterocycles. The van der Waals surface area contributed by atoms with Gasteiger partial charge in [0.25, 0.3) is 0 Å². The van der Waals surface area contributed by atoms with Crippen LogP contribution in [0.15, 0.2) is 11.6 Å². The van der Waals surface area contributed by atoms with Crippen molar-refractivity contribution in [3.05, 3.63) is 11.6 Å². The summed E-state index contributed by atoms with van der Waals surface area (Å²) in [6.45, 7) is 11.5. The van der Waals surface area contributed by atoms with Crippen molar-refractivity contribution in [3.8, 4) is 0 Å². The van der Waals surface area contributed by atoms with E-state index in [0.717, 1.165) is 38.7 Å². The van der Waals surface area contributed by atoms with Gasteiger partial charge in [-0.2, -0.15) is 0 Å². The zero-order valence-corrected chi connectivity index (χ0v) is 30.9. The predicted molar refractivity (Wildman–Crippen MR) is 182 cm³/mol. The first-order valence-corrected chi connectivity index (χ1v) is 19.8. The molecular weight excluding hydrogens is 660 g/mol. The maximum Gasteiger partial charge on any atom is 0.187 e. The first-order chi connectivity index (χ1) is 24.2. The number of hydrogen-bond donors (Lipinski definition) is 6. The van der Waals surface area contributed by atoms with Crippen molar-refractivity contribution < 1.29 is 59.1 Å². The van der Waals surface area contributed by atoms with Crippen LogP contribution in [0.4, 0.5) is 0 Å². The molecule has 4 saturated heterocycles. The highest BCUT2D eigenvalue weighted by Crippen LogP contribution is 2.70. The lowest BCUT2D eigenvalue weighted by atomic mass is 9.47. The average Bonchev–Trinajstić information content (AvgIpc) is 3.56. The molecule has 21 atom stereocenters. The molecule has 3 saturated carbocycles. The molecule has 0 radical (unpaired) electrons. The van der Waals surface area contributed by atoms with E-state index in [4.69, 9.17) is 28.4 Å². The lowest BCUT2D eigenvalue weighted by Gasteiger charge is -2.58. The van der Waals surface area contributed by atoms with Gasteiger partial charge in [-0.25, -0.2) is 0 Å². The van der Waals surface area contributed by atoms with Gasteiger partial charge in [0.05, 0.1) is 31.5 Å². The molecule has 4 heterocycles. The van der Waals surface area contributed by atoms with E-state index in [0.29, 0.717) is 41.9 Å². The number of fused-ring (bicyclic) bond motifs is 7. The topological polar surface area (TPSA) is 177 Å². The van der Waals surface area contributed by atoms with E-state index < -0.39 is 73.8 Å². The van der Waals surface area contributed by atoms with E-state index in [-0.39, 0.29) is 23.0 Å². The van der Waals surface area contributed by atoms with Gasteiger partial charge in [-0.05, 0) is 98.7 Å². The van der Waals surface area contributed by atoms with Gasteiger partial charge in [0.15, 0.2) is 18.4 Å². The van der Waals surface area contributed by atoms with Crippen molar-refractivity contribution in [2.45, 2.75) is 172 Å². The Hall–Kier alpha value is -0.740. The van der Waals surface area contributed by atoms with Crippen molar-refractivity contribution in [2.75, 3.05) is 13.2 Å². The van der Waals surface area contributed by atoms with Crippen LogP contribution in [0, 0.1) is 46.3 Å². The Bertz CT molecular complexity index is 1300. The number of aliphatic hydroxyl groups excluding tert-OH is 6. The molecule has 6 N–H and O–H groups in total. The summed E-state index contributed by atoms with van der Waals surface area (Å²) in [7, 11) is 0. The average molecular weight is 723 g/mol. The van der Waals surface area contributed by atoms with Crippen LogP contribution in [-0.2, 0) is 28.4 Å².